The number of rotatable bonds is 9. The lowest BCUT2D eigenvalue weighted by Crippen LogP contribution is -2.32. The van der Waals surface area contributed by atoms with Crippen LogP contribution in [0.4, 0.5) is 0 Å². The Kier molecular flexibility index (Phi) is 6.74. The number of aliphatic hydroxyl groups is 1. The maximum atomic E-state index is 12.9. The van der Waals surface area contributed by atoms with E-state index in [-0.39, 0.29) is 12.2 Å². The van der Waals surface area contributed by atoms with Gasteiger partial charge in [-0.15, -0.1) is 0 Å². The van der Waals surface area contributed by atoms with Gasteiger partial charge in [0.25, 0.3) is 0 Å². The predicted molar refractivity (Wildman–Crippen MR) is 96.5 cm³/mol. The van der Waals surface area contributed by atoms with Crippen molar-refractivity contribution < 1.29 is 24.2 Å². The van der Waals surface area contributed by atoms with Gasteiger partial charge in [0.15, 0.2) is 23.3 Å². The van der Waals surface area contributed by atoms with Crippen LogP contribution in [-0.4, -0.2) is 46.1 Å². The first kappa shape index (κ1) is 19.9. The lowest BCUT2D eigenvalue weighted by atomic mass is 9.90. The van der Waals surface area contributed by atoms with Crippen molar-refractivity contribution in [3.63, 3.8) is 0 Å². The van der Waals surface area contributed by atoms with E-state index in [0.717, 1.165) is 6.42 Å². The van der Waals surface area contributed by atoms with Crippen LogP contribution in [0.5, 0.6) is 5.75 Å². The summed E-state index contributed by atoms with van der Waals surface area (Å²) >= 11 is 0. The number of methoxy groups -OCH3 is 1. The minimum Gasteiger partial charge on any atom is -0.490 e. The van der Waals surface area contributed by atoms with Crippen LogP contribution in [0.2, 0.25) is 0 Å². The van der Waals surface area contributed by atoms with E-state index in [1.54, 1.807) is 29.7 Å². The maximum Gasteiger partial charge on any atom is 0.334 e. The molecule has 2 aromatic rings. The topological polar surface area (TPSA) is 90.1 Å². The van der Waals surface area contributed by atoms with Crippen LogP contribution in [0.3, 0.4) is 0 Å². The second-order valence-corrected chi connectivity index (χ2v) is 6.19. The van der Waals surface area contributed by atoms with Gasteiger partial charge in [0.05, 0.1) is 19.4 Å². The zero-order chi connectivity index (χ0) is 19.3. The Hall–Kier alpha value is -2.41. The monoisotopic (exact) mass is 362 g/mol. The van der Waals surface area contributed by atoms with Gasteiger partial charge in [-0.1, -0.05) is 13.3 Å². The van der Waals surface area contributed by atoms with Gasteiger partial charge in [0.1, 0.15) is 5.69 Å². The van der Waals surface area contributed by atoms with Crippen molar-refractivity contribution in [3.05, 3.63) is 29.7 Å². The standard InChI is InChI=1S/C19H26N2O5/c1-5-8-13(17(23)19(24)25-4)11-14(22)16-12(3)20-18-15(26-6-2)9-7-10-21(16)18/h7,9-10,13,17,23H,5-6,8,11H2,1-4H3/t13-,17+/m1/s1. The van der Waals surface area contributed by atoms with E-state index in [0.29, 0.717) is 35.8 Å². The summed E-state index contributed by atoms with van der Waals surface area (Å²) in [6.45, 7) is 6.09. The third-order valence-electron chi connectivity index (χ3n) is 4.35. The number of aromatic nitrogens is 2. The van der Waals surface area contributed by atoms with Crippen LogP contribution >= 0.6 is 0 Å². The molecule has 0 aromatic carbocycles. The summed E-state index contributed by atoms with van der Waals surface area (Å²) in [5.74, 6) is -0.786. The number of aliphatic hydroxyl groups excluding tert-OH is 1. The predicted octanol–water partition coefficient (Wildman–Crippen LogP) is 2.56. The van der Waals surface area contributed by atoms with Gasteiger partial charge in [-0.3, -0.25) is 9.20 Å². The molecule has 2 atom stereocenters. The van der Waals surface area contributed by atoms with E-state index in [9.17, 15) is 14.7 Å². The second-order valence-electron chi connectivity index (χ2n) is 6.19. The summed E-state index contributed by atoms with van der Waals surface area (Å²) in [5.41, 5.74) is 1.61. The van der Waals surface area contributed by atoms with Crippen LogP contribution in [0.15, 0.2) is 18.3 Å². The number of fused-ring (bicyclic) bond motifs is 1. The number of Topliss-reactive ketones (excluding diaryl/α,β-unsaturated/α-hetero) is 1. The number of ketones is 1. The van der Waals surface area contributed by atoms with E-state index < -0.39 is 18.0 Å². The van der Waals surface area contributed by atoms with Crippen LogP contribution in [0.1, 0.15) is 49.3 Å². The number of hydrogen-bond acceptors (Lipinski definition) is 6. The molecule has 26 heavy (non-hydrogen) atoms. The molecule has 0 amide bonds. The minimum absolute atomic E-state index is 0.0393. The van der Waals surface area contributed by atoms with E-state index in [1.165, 1.54) is 7.11 Å². The SMILES string of the molecule is CCC[C@H](CC(=O)c1c(C)nc2c(OCC)cccn12)[C@H](O)C(=O)OC. The van der Waals surface area contributed by atoms with E-state index in [4.69, 9.17) is 4.74 Å². The molecule has 0 fully saturated rings. The molecular weight excluding hydrogens is 336 g/mol. The summed E-state index contributed by atoms with van der Waals surface area (Å²) in [7, 11) is 1.22. The second kappa shape index (κ2) is 8.80. The van der Waals surface area contributed by atoms with Gasteiger partial charge in [0.2, 0.25) is 0 Å². The van der Waals surface area contributed by atoms with E-state index in [2.05, 4.69) is 9.72 Å². The number of imidazole rings is 1. The fourth-order valence-corrected chi connectivity index (χ4v) is 3.15. The van der Waals surface area contributed by atoms with Crippen LogP contribution in [-0.2, 0) is 9.53 Å². The zero-order valence-corrected chi connectivity index (χ0v) is 15.7. The average Bonchev–Trinajstić information content (AvgIpc) is 2.97. The summed E-state index contributed by atoms with van der Waals surface area (Å²) in [5, 5.41) is 10.2. The first-order chi connectivity index (χ1) is 12.4. The number of aryl methyl sites for hydroxylation is 1. The average molecular weight is 362 g/mol. The quantitative estimate of drug-likeness (QED) is 0.545. The zero-order valence-electron chi connectivity index (χ0n) is 15.7. The first-order valence-corrected chi connectivity index (χ1v) is 8.84. The van der Waals surface area contributed by atoms with Crippen LogP contribution in [0, 0.1) is 12.8 Å². The molecule has 0 bridgehead atoms. The highest BCUT2D eigenvalue weighted by Gasteiger charge is 2.30. The first-order valence-electron chi connectivity index (χ1n) is 8.84. The highest BCUT2D eigenvalue weighted by Crippen LogP contribution is 2.25. The number of ether oxygens (including phenoxy) is 2. The maximum absolute atomic E-state index is 12.9. The molecule has 2 aromatic heterocycles. The van der Waals surface area contributed by atoms with Gasteiger partial charge < -0.3 is 14.6 Å². The third kappa shape index (κ3) is 4.04. The Morgan fingerprint density at radius 3 is 2.69 bits per heavy atom. The lowest BCUT2D eigenvalue weighted by Gasteiger charge is -2.20. The van der Waals surface area contributed by atoms with Crippen molar-refractivity contribution in [1.29, 1.82) is 0 Å². The molecule has 0 saturated carbocycles. The van der Waals surface area contributed by atoms with Crippen molar-refractivity contribution in [3.8, 4) is 5.75 Å². The normalized spacial score (nSPS) is 13.4. The summed E-state index contributed by atoms with van der Waals surface area (Å²) < 4.78 is 11.9. The number of carbonyl (C=O) groups excluding carboxylic acids is 2. The van der Waals surface area contributed by atoms with Gasteiger partial charge in [0, 0.05) is 18.5 Å². The molecule has 0 aliphatic rings. The summed E-state index contributed by atoms with van der Waals surface area (Å²) in [6, 6.07) is 3.60. The smallest absolute Gasteiger partial charge is 0.334 e. The van der Waals surface area contributed by atoms with Crippen molar-refractivity contribution in [2.45, 2.75) is 46.1 Å². The van der Waals surface area contributed by atoms with Gasteiger partial charge >= 0.3 is 5.97 Å². The van der Waals surface area contributed by atoms with Crippen LogP contribution < -0.4 is 4.74 Å². The number of esters is 1. The summed E-state index contributed by atoms with van der Waals surface area (Å²) in [6.07, 6.45) is 1.77. The highest BCUT2D eigenvalue weighted by molar-refractivity contribution is 5.97. The Bertz CT molecular complexity index is 784. The molecule has 0 unspecified atom stereocenters. The highest BCUT2D eigenvalue weighted by atomic mass is 16.5. The molecule has 142 valence electrons. The molecule has 0 radical (unpaired) electrons. The number of hydrogen-bond donors (Lipinski definition) is 1. The van der Waals surface area contributed by atoms with Gasteiger partial charge in [-0.25, -0.2) is 9.78 Å². The Morgan fingerprint density at radius 1 is 1.35 bits per heavy atom. The number of nitrogens with zero attached hydrogens (tertiary/aromatic N) is 2. The molecular formula is C19H26N2O5. The largest absolute Gasteiger partial charge is 0.490 e. The molecule has 0 aliphatic heterocycles. The molecule has 1 N–H and O–H groups in total. The van der Waals surface area contributed by atoms with Crippen molar-refractivity contribution in [2.75, 3.05) is 13.7 Å². The van der Waals surface area contributed by atoms with E-state index >= 15 is 0 Å². The molecule has 0 aliphatic carbocycles. The number of carbonyl (C=O) groups is 2. The van der Waals surface area contributed by atoms with Gasteiger partial charge in [-0.05, 0) is 32.4 Å². The number of pyridine rings is 1. The van der Waals surface area contributed by atoms with Gasteiger partial charge in [-0.2, -0.15) is 0 Å². The van der Waals surface area contributed by atoms with Crippen molar-refractivity contribution >= 4 is 17.4 Å². The molecule has 7 nitrogen and oxygen atoms in total. The minimum atomic E-state index is -1.32. The molecule has 7 heteroatoms. The lowest BCUT2D eigenvalue weighted by molar-refractivity contribution is -0.153. The van der Waals surface area contributed by atoms with Crippen molar-refractivity contribution in [2.24, 2.45) is 5.92 Å². The molecule has 0 saturated heterocycles. The molecule has 2 heterocycles. The Balaban J connectivity index is 2.35. The molecule has 0 spiro atoms. The third-order valence-corrected chi connectivity index (χ3v) is 4.35. The fraction of sp³-hybridized carbons (Fsp3) is 0.526. The Labute approximate surface area is 152 Å². The van der Waals surface area contributed by atoms with Crippen molar-refractivity contribution in [1.82, 2.24) is 9.38 Å². The van der Waals surface area contributed by atoms with Crippen LogP contribution in [0.25, 0.3) is 5.65 Å². The summed E-state index contributed by atoms with van der Waals surface area (Å²) in [4.78, 5) is 29.1. The Morgan fingerprint density at radius 2 is 2.08 bits per heavy atom. The molecule has 2 rings (SSSR count). The fourth-order valence-electron chi connectivity index (χ4n) is 3.15. The van der Waals surface area contributed by atoms with E-state index in [1.807, 2.05) is 13.8 Å².